The summed E-state index contributed by atoms with van der Waals surface area (Å²) in [6.07, 6.45) is 1.78. The molecule has 0 saturated carbocycles. The molecule has 30 heavy (non-hydrogen) atoms. The molecule has 4 heteroatoms. The van der Waals surface area contributed by atoms with E-state index in [4.69, 9.17) is 9.07 Å². The number of hydrogen-bond donors (Lipinski definition) is 0. The minimum Gasteiger partial charge on any atom is -0.551 e. The lowest BCUT2D eigenvalue weighted by atomic mass is 9.49. The Labute approximate surface area is 174 Å². The highest BCUT2D eigenvalue weighted by molar-refractivity contribution is 6.86. The summed E-state index contributed by atoms with van der Waals surface area (Å²) < 4.78 is 12.6. The Hall–Kier alpha value is -3.92. The molecule has 0 fully saturated rings. The lowest BCUT2D eigenvalue weighted by Gasteiger charge is -2.39. The summed E-state index contributed by atoms with van der Waals surface area (Å²) in [5, 5.41) is 1.10. The predicted molar refractivity (Wildman–Crippen MR) is 122 cm³/mol. The van der Waals surface area contributed by atoms with Crippen LogP contribution in [0, 0.1) is 0 Å². The summed E-state index contributed by atoms with van der Waals surface area (Å²) in [4.78, 5) is 2.34. The zero-order valence-corrected chi connectivity index (χ0v) is 16.1. The maximum absolute atomic E-state index is 6.61. The molecule has 1 aromatic heterocycles. The van der Waals surface area contributed by atoms with Gasteiger partial charge in [0.1, 0.15) is 11.3 Å². The first-order chi connectivity index (χ1) is 14.9. The summed E-state index contributed by atoms with van der Waals surface area (Å²) in [5.74, 6) is 0.896. The first-order valence-electron chi connectivity index (χ1n) is 10.1. The monoisotopic (exact) mass is 385 g/mol. The van der Waals surface area contributed by atoms with Crippen molar-refractivity contribution in [2.75, 3.05) is 4.90 Å². The number of fused-ring (bicyclic) bond motifs is 6. The molecule has 0 radical (unpaired) electrons. The van der Waals surface area contributed by atoms with Gasteiger partial charge in [0.2, 0.25) is 0 Å². The van der Waals surface area contributed by atoms with Gasteiger partial charge >= 0.3 is 6.92 Å². The Kier molecular flexibility index (Phi) is 3.08. The van der Waals surface area contributed by atoms with Gasteiger partial charge in [-0.1, -0.05) is 54.6 Å². The van der Waals surface area contributed by atoms with Gasteiger partial charge in [-0.15, -0.1) is 0 Å². The molecule has 0 spiro atoms. The number of benzene rings is 4. The minimum absolute atomic E-state index is 0.171. The van der Waals surface area contributed by atoms with Gasteiger partial charge in [-0.25, -0.2) is 0 Å². The third-order valence-electron chi connectivity index (χ3n) is 6.14. The molecule has 0 atom stereocenters. The molecular formula is C26H16BNO2. The van der Waals surface area contributed by atoms with Gasteiger partial charge in [-0.2, -0.15) is 0 Å². The fourth-order valence-corrected chi connectivity index (χ4v) is 4.91. The quantitative estimate of drug-likeness (QED) is 0.362. The summed E-state index contributed by atoms with van der Waals surface area (Å²) >= 11 is 0. The molecule has 2 aliphatic heterocycles. The van der Waals surface area contributed by atoms with E-state index in [0.29, 0.717) is 0 Å². The van der Waals surface area contributed by atoms with Gasteiger partial charge in [0.25, 0.3) is 0 Å². The van der Waals surface area contributed by atoms with Crippen molar-refractivity contribution < 1.29 is 9.07 Å². The van der Waals surface area contributed by atoms with E-state index >= 15 is 0 Å². The third kappa shape index (κ3) is 2.00. The van der Waals surface area contributed by atoms with Gasteiger partial charge in [0.05, 0.1) is 6.26 Å². The average molecular weight is 385 g/mol. The van der Waals surface area contributed by atoms with Gasteiger partial charge in [0, 0.05) is 39.0 Å². The smallest absolute Gasteiger partial charge is 0.431 e. The standard InChI is InChI=1S/C26H16BNO2/c1-2-8-18(9-3-1)28-21-12-6-5-11-20(21)27-25-22(28)16-17-14-15-29-26(17)24(25)19-10-4-7-13-23(19)30-27/h1-16H. The molecule has 0 unspecified atom stereocenters. The van der Waals surface area contributed by atoms with Crippen molar-refractivity contribution >= 4 is 45.9 Å². The summed E-state index contributed by atoms with van der Waals surface area (Å²) in [7, 11) is 0. The second-order valence-corrected chi connectivity index (χ2v) is 7.75. The average Bonchev–Trinajstić information content (AvgIpc) is 3.28. The Balaban J connectivity index is 1.65. The molecule has 3 nitrogen and oxygen atoms in total. The van der Waals surface area contributed by atoms with E-state index in [9.17, 15) is 0 Å². The van der Waals surface area contributed by atoms with Gasteiger partial charge < -0.3 is 14.0 Å². The molecule has 7 rings (SSSR count). The van der Waals surface area contributed by atoms with Crippen LogP contribution in [-0.2, 0) is 0 Å². The van der Waals surface area contributed by atoms with Gasteiger partial charge in [0.15, 0.2) is 0 Å². The van der Waals surface area contributed by atoms with E-state index < -0.39 is 0 Å². The lowest BCUT2D eigenvalue weighted by Crippen LogP contribution is -2.56. The van der Waals surface area contributed by atoms with Crippen LogP contribution in [0.25, 0.3) is 22.1 Å². The predicted octanol–water partition coefficient (Wildman–Crippen LogP) is 5.38. The van der Waals surface area contributed by atoms with E-state index in [1.807, 2.05) is 18.2 Å². The van der Waals surface area contributed by atoms with Crippen LogP contribution < -0.4 is 20.5 Å². The van der Waals surface area contributed by atoms with Crippen LogP contribution in [0.5, 0.6) is 5.75 Å². The SMILES string of the molecule is c1ccc(N2c3ccccc3B3Oc4ccccc4-c4c3c2cc2ccoc42)cc1. The largest absolute Gasteiger partial charge is 0.551 e. The van der Waals surface area contributed by atoms with Crippen molar-refractivity contribution in [1.29, 1.82) is 0 Å². The Bertz CT molecular complexity index is 1440. The zero-order chi connectivity index (χ0) is 19.7. The van der Waals surface area contributed by atoms with Crippen molar-refractivity contribution in [1.82, 2.24) is 0 Å². The second kappa shape index (κ2) is 5.80. The number of nitrogens with zero attached hydrogens (tertiary/aromatic N) is 1. The molecule has 140 valence electrons. The van der Waals surface area contributed by atoms with Crippen molar-refractivity contribution in [3.63, 3.8) is 0 Å². The first kappa shape index (κ1) is 15.9. The number of para-hydroxylation sites is 3. The topological polar surface area (TPSA) is 25.6 Å². The first-order valence-corrected chi connectivity index (χ1v) is 10.1. The zero-order valence-electron chi connectivity index (χ0n) is 16.1. The van der Waals surface area contributed by atoms with Crippen molar-refractivity contribution in [2.24, 2.45) is 0 Å². The molecule has 0 saturated heterocycles. The molecule has 0 aliphatic carbocycles. The van der Waals surface area contributed by atoms with E-state index in [0.717, 1.165) is 50.4 Å². The van der Waals surface area contributed by atoms with Crippen LogP contribution >= 0.6 is 0 Å². The van der Waals surface area contributed by atoms with Crippen LogP contribution in [0.4, 0.5) is 17.1 Å². The number of rotatable bonds is 1. The molecule has 0 bridgehead atoms. The Morgan fingerprint density at radius 3 is 2.47 bits per heavy atom. The molecule has 2 aliphatic rings. The number of furan rings is 1. The van der Waals surface area contributed by atoms with Crippen LogP contribution in [0.1, 0.15) is 0 Å². The number of anilines is 3. The Morgan fingerprint density at radius 2 is 1.53 bits per heavy atom. The van der Waals surface area contributed by atoms with E-state index in [-0.39, 0.29) is 6.92 Å². The molecule has 0 N–H and O–H groups in total. The van der Waals surface area contributed by atoms with Crippen LogP contribution in [-0.4, -0.2) is 6.92 Å². The Morgan fingerprint density at radius 1 is 0.733 bits per heavy atom. The molecule has 3 heterocycles. The second-order valence-electron chi connectivity index (χ2n) is 7.75. The van der Waals surface area contributed by atoms with Gasteiger partial charge in [-0.05, 0) is 41.9 Å². The summed E-state index contributed by atoms with van der Waals surface area (Å²) in [6, 6.07) is 31.6. The van der Waals surface area contributed by atoms with Gasteiger partial charge in [-0.3, -0.25) is 0 Å². The van der Waals surface area contributed by atoms with E-state index in [2.05, 4.69) is 77.7 Å². The maximum atomic E-state index is 6.61. The number of hydrogen-bond acceptors (Lipinski definition) is 3. The van der Waals surface area contributed by atoms with E-state index in [1.165, 1.54) is 5.46 Å². The highest BCUT2D eigenvalue weighted by Gasteiger charge is 2.43. The summed E-state index contributed by atoms with van der Waals surface area (Å²) in [6.45, 7) is -0.171. The minimum atomic E-state index is -0.171. The van der Waals surface area contributed by atoms with E-state index in [1.54, 1.807) is 6.26 Å². The highest BCUT2D eigenvalue weighted by atomic mass is 16.4. The van der Waals surface area contributed by atoms with Crippen LogP contribution in [0.15, 0.2) is 102 Å². The van der Waals surface area contributed by atoms with Crippen molar-refractivity contribution in [3.05, 3.63) is 97.3 Å². The summed E-state index contributed by atoms with van der Waals surface area (Å²) in [5.41, 5.74) is 8.88. The molecule has 4 aromatic carbocycles. The molecule has 0 amide bonds. The fourth-order valence-electron chi connectivity index (χ4n) is 4.91. The van der Waals surface area contributed by atoms with Crippen LogP contribution in [0.3, 0.4) is 0 Å². The fraction of sp³-hybridized carbons (Fsp3) is 0. The lowest BCUT2D eigenvalue weighted by molar-refractivity contribution is 0.587. The maximum Gasteiger partial charge on any atom is 0.431 e. The highest BCUT2D eigenvalue weighted by Crippen LogP contribution is 2.45. The van der Waals surface area contributed by atoms with Crippen LogP contribution in [0.2, 0.25) is 0 Å². The third-order valence-corrected chi connectivity index (χ3v) is 6.14. The molecule has 5 aromatic rings. The van der Waals surface area contributed by atoms with Crippen molar-refractivity contribution in [3.8, 4) is 16.9 Å². The van der Waals surface area contributed by atoms with Crippen molar-refractivity contribution in [2.45, 2.75) is 0 Å². The molecular weight excluding hydrogens is 369 g/mol. The normalized spacial score (nSPS) is 13.5.